The van der Waals surface area contributed by atoms with E-state index in [1.807, 2.05) is 19.9 Å². The number of H-pyrrole nitrogens is 1. The molecule has 0 saturated heterocycles. The molecule has 2 heterocycles. The average molecular weight is 266 g/mol. The molecule has 18 heavy (non-hydrogen) atoms. The summed E-state index contributed by atoms with van der Waals surface area (Å²) >= 11 is 1.33. The van der Waals surface area contributed by atoms with Gasteiger partial charge in [-0.25, -0.2) is 19.9 Å². The van der Waals surface area contributed by atoms with Crippen molar-refractivity contribution in [3.05, 3.63) is 22.4 Å². The van der Waals surface area contributed by atoms with Crippen molar-refractivity contribution in [2.45, 2.75) is 30.6 Å². The SMILES string of the molecule is CCn1c(Sc2cc(NC)nc(C)n2)n[nH]c1=O. The Morgan fingerprint density at radius 2 is 2.28 bits per heavy atom. The van der Waals surface area contributed by atoms with Crippen LogP contribution in [0.3, 0.4) is 0 Å². The van der Waals surface area contributed by atoms with Crippen LogP contribution in [0.1, 0.15) is 12.7 Å². The Labute approximate surface area is 108 Å². The van der Waals surface area contributed by atoms with E-state index in [0.717, 1.165) is 10.8 Å². The maximum atomic E-state index is 11.4. The Morgan fingerprint density at radius 3 is 2.94 bits per heavy atom. The molecule has 0 aromatic carbocycles. The second-order valence-electron chi connectivity index (χ2n) is 3.55. The molecule has 0 saturated carbocycles. The third-order valence-electron chi connectivity index (χ3n) is 2.31. The van der Waals surface area contributed by atoms with E-state index in [2.05, 4.69) is 25.5 Å². The molecule has 2 rings (SSSR count). The van der Waals surface area contributed by atoms with Crippen LogP contribution in [0.4, 0.5) is 5.82 Å². The van der Waals surface area contributed by atoms with Crippen molar-refractivity contribution in [1.29, 1.82) is 0 Å². The van der Waals surface area contributed by atoms with Gasteiger partial charge in [-0.15, -0.1) is 5.10 Å². The summed E-state index contributed by atoms with van der Waals surface area (Å²) in [6, 6.07) is 1.82. The van der Waals surface area contributed by atoms with Crippen molar-refractivity contribution in [2.24, 2.45) is 0 Å². The molecule has 0 radical (unpaired) electrons. The Balaban J connectivity index is 2.33. The van der Waals surface area contributed by atoms with E-state index in [4.69, 9.17) is 0 Å². The summed E-state index contributed by atoms with van der Waals surface area (Å²) in [4.78, 5) is 20.0. The zero-order chi connectivity index (χ0) is 13.1. The molecule has 0 bridgehead atoms. The van der Waals surface area contributed by atoms with Gasteiger partial charge < -0.3 is 5.32 Å². The minimum Gasteiger partial charge on any atom is -0.373 e. The maximum Gasteiger partial charge on any atom is 0.343 e. The highest BCUT2D eigenvalue weighted by atomic mass is 32.2. The first-order chi connectivity index (χ1) is 8.63. The van der Waals surface area contributed by atoms with Crippen molar-refractivity contribution in [3.8, 4) is 0 Å². The smallest absolute Gasteiger partial charge is 0.343 e. The van der Waals surface area contributed by atoms with Gasteiger partial charge in [-0.1, -0.05) is 0 Å². The monoisotopic (exact) mass is 266 g/mol. The van der Waals surface area contributed by atoms with Crippen LogP contribution in [0.5, 0.6) is 0 Å². The van der Waals surface area contributed by atoms with Crippen LogP contribution < -0.4 is 11.0 Å². The molecular formula is C10H14N6OS. The molecule has 0 unspecified atom stereocenters. The third kappa shape index (κ3) is 2.53. The molecule has 0 atom stereocenters. The van der Waals surface area contributed by atoms with E-state index in [-0.39, 0.29) is 5.69 Å². The van der Waals surface area contributed by atoms with Crippen LogP contribution >= 0.6 is 11.8 Å². The summed E-state index contributed by atoms with van der Waals surface area (Å²) in [6.07, 6.45) is 0. The van der Waals surface area contributed by atoms with Crippen molar-refractivity contribution in [3.63, 3.8) is 0 Å². The van der Waals surface area contributed by atoms with E-state index in [0.29, 0.717) is 17.5 Å². The van der Waals surface area contributed by atoms with Gasteiger partial charge in [0, 0.05) is 19.7 Å². The van der Waals surface area contributed by atoms with Crippen LogP contribution in [0.25, 0.3) is 0 Å². The highest BCUT2D eigenvalue weighted by molar-refractivity contribution is 7.99. The largest absolute Gasteiger partial charge is 0.373 e. The van der Waals surface area contributed by atoms with E-state index in [9.17, 15) is 4.79 Å². The molecule has 0 fully saturated rings. The fourth-order valence-corrected chi connectivity index (χ4v) is 2.42. The quantitative estimate of drug-likeness (QED) is 0.799. The number of aryl methyl sites for hydroxylation is 1. The van der Waals surface area contributed by atoms with Gasteiger partial charge in [-0.3, -0.25) is 4.57 Å². The van der Waals surface area contributed by atoms with E-state index >= 15 is 0 Å². The maximum absolute atomic E-state index is 11.4. The fraction of sp³-hybridized carbons (Fsp3) is 0.400. The first-order valence-corrected chi connectivity index (χ1v) is 6.32. The molecule has 0 aliphatic rings. The minimum atomic E-state index is -0.209. The number of rotatable bonds is 4. The van der Waals surface area contributed by atoms with E-state index < -0.39 is 0 Å². The minimum absolute atomic E-state index is 0.209. The number of anilines is 1. The molecule has 96 valence electrons. The Kier molecular flexibility index (Phi) is 3.66. The molecule has 0 aliphatic carbocycles. The highest BCUT2D eigenvalue weighted by Gasteiger charge is 2.10. The lowest BCUT2D eigenvalue weighted by molar-refractivity contribution is 0.660. The van der Waals surface area contributed by atoms with Gasteiger partial charge in [0.15, 0.2) is 5.16 Å². The lowest BCUT2D eigenvalue weighted by atomic mass is 10.5. The number of hydrogen-bond donors (Lipinski definition) is 2. The summed E-state index contributed by atoms with van der Waals surface area (Å²) in [6.45, 7) is 4.29. The van der Waals surface area contributed by atoms with Crippen molar-refractivity contribution < 1.29 is 0 Å². The molecular weight excluding hydrogens is 252 g/mol. The predicted octanol–water partition coefficient (Wildman–Crippen LogP) is 0.883. The number of hydrogen-bond acceptors (Lipinski definition) is 6. The van der Waals surface area contributed by atoms with Gasteiger partial charge in [0.1, 0.15) is 16.7 Å². The first kappa shape index (κ1) is 12.6. The number of aromatic amines is 1. The Morgan fingerprint density at radius 1 is 1.50 bits per heavy atom. The van der Waals surface area contributed by atoms with Gasteiger partial charge in [0.2, 0.25) is 0 Å². The zero-order valence-electron chi connectivity index (χ0n) is 10.4. The van der Waals surface area contributed by atoms with Gasteiger partial charge >= 0.3 is 5.69 Å². The van der Waals surface area contributed by atoms with Gasteiger partial charge in [0.25, 0.3) is 0 Å². The Hall–Kier alpha value is -1.83. The van der Waals surface area contributed by atoms with Gasteiger partial charge in [-0.05, 0) is 25.6 Å². The van der Waals surface area contributed by atoms with Crippen molar-refractivity contribution in [1.82, 2.24) is 24.7 Å². The summed E-state index contributed by atoms with van der Waals surface area (Å²) in [7, 11) is 1.80. The van der Waals surface area contributed by atoms with E-state index in [1.54, 1.807) is 11.6 Å². The lowest BCUT2D eigenvalue weighted by Gasteiger charge is -2.05. The van der Waals surface area contributed by atoms with Crippen molar-refractivity contribution in [2.75, 3.05) is 12.4 Å². The number of nitrogens with zero attached hydrogens (tertiary/aromatic N) is 4. The summed E-state index contributed by atoms with van der Waals surface area (Å²) < 4.78 is 1.56. The topological polar surface area (TPSA) is 88.5 Å². The zero-order valence-corrected chi connectivity index (χ0v) is 11.2. The van der Waals surface area contributed by atoms with Crippen LogP contribution in [0.2, 0.25) is 0 Å². The Bertz CT molecular complexity index is 605. The summed E-state index contributed by atoms with van der Waals surface area (Å²) in [5, 5.41) is 10.7. The second kappa shape index (κ2) is 5.21. The summed E-state index contributed by atoms with van der Waals surface area (Å²) in [5.41, 5.74) is -0.209. The second-order valence-corrected chi connectivity index (χ2v) is 4.53. The predicted molar refractivity (Wildman–Crippen MR) is 69.0 cm³/mol. The molecule has 7 nitrogen and oxygen atoms in total. The number of aromatic nitrogens is 5. The average Bonchev–Trinajstić information content (AvgIpc) is 2.69. The highest BCUT2D eigenvalue weighted by Crippen LogP contribution is 2.24. The van der Waals surface area contributed by atoms with Gasteiger partial charge in [0.05, 0.1) is 0 Å². The van der Waals surface area contributed by atoms with Crippen LogP contribution in [0, 0.1) is 6.92 Å². The molecule has 2 N–H and O–H groups in total. The third-order valence-corrected chi connectivity index (χ3v) is 3.22. The summed E-state index contributed by atoms with van der Waals surface area (Å²) in [5.74, 6) is 1.41. The fourth-order valence-electron chi connectivity index (χ4n) is 1.47. The standard InChI is InChI=1S/C10H14N6OS/c1-4-16-9(17)14-15-10(16)18-8-5-7(11-3)12-6(2)13-8/h5H,4H2,1-3H3,(H,14,17)(H,11,12,13). The molecule has 8 heteroatoms. The lowest BCUT2D eigenvalue weighted by Crippen LogP contribution is -2.16. The molecule has 2 aromatic heterocycles. The molecule has 0 spiro atoms. The first-order valence-electron chi connectivity index (χ1n) is 5.50. The molecule has 0 aliphatic heterocycles. The molecule has 0 amide bonds. The van der Waals surface area contributed by atoms with Crippen LogP contribution in [-0.2, 0) is 6.54 Å². The number of nitrogens with one attached hydrogen (secondary N) is 2. The van der Waals surface area contributed by atoms with Crippen LogP contribution in [0.15, 0.2) is 21.0 Å². The normalized spacial score (nSPS) is 10.6. The molecule has 2 aromatic rings. The van der Waals surface area contributed by atoms with Gasteiger partial charge in [-0.2, -0.15) is 0 Å². The van der Waals surface area contributed by atoms with Crippen molar-refractivity contribution >= 4 is 17.6 Å². The van der Waals surface area contributed by atoms with E-state index in [1.165, 1.54) is 11.8 Å². The van der Waals surface area contributed by atoms with Crippen LogP contribution in [-0.4, -0.2) is 31.8 Å².